The van der Waals surface area contributed by atoms with Gasteiger partial charge >= 0.3 is 0 Å². The van der Waals surface area contributed by atoms with Gasteiger partial charge in [-0.3, -0.25) is 0 Å². The van der Waals surface area contributed by atoms with Crippen LogP contribution in [0.25, 0.3) is 0 Å². The zero-order valence-electron chi connectivity index (χ0n) is 13.1. The van der Waals surface area contributed by atoms with Crippen LogP contribution in [0.1, 0.15) is 38.0 Å². The molecule has 1 heterocycles. The summed E-state index contributed by atoms with van der Waals surface area (Å²) in [6.45, 7) is 8.58. The van der Waals surface area contributed by atoms with Crippen molar-refractivity contribution in [2.24, 2.45) is 0 Å². The molecule has 0 amide bonds. The molecule has 0 aliphatic carbocycles. The van der Waals surface area contributed by atoms with E-state index in [2.05, 4.69) is 51.2 Å². The van der Waals surface area contributed by atoms with Gasteiger partial charge in [0.15, 0.2) is 0 Å². The van der Waals surface area contributed by atoms with Gasteiger partial charge in [0.1, 0.15) is 5.75 Å². The molecule has 2 aromatic rings. The maximum Gasteiger partial charge on any atom is 0.127 e. The van der Waals surface area contributed by atoms with E-state index in [0.717, 1.165) is 5.75 Å². The molecular weight excluding hydrogens is 266 g/mol. The third kappa shape index (κ3) is 2.60. The van der Waals surface area contributed by atoms with Crippen LogP contribution in [0.2, 0.25) is 0 Å². The van der Waals surface area contributed by atoms with Gasteiger partial charge in [0, 0.05) is 15.3 Å². The lowest BCUT2D eigenvalue weighted by molar-refractivity contribution is 0.402. The highest BCUT2D eigenvalue weighted by Crippen LogP contribution is 2.37. The van der Waals surface area contributed by atoms with E-state index < -0.39 is 0 Å². The van der Waals surface area contributed by atoms with E-state index >= 15 is 0 Å². The predicted octanol–water partition coefficient (Wildman–Crippen LogP) is 4.30. The molecule has 1 aromatic heterocycles. The molecule has 2 rings (SSSR count). The Balaban J connectivity index is 2.55. The van der Waals surface area contributed by atoms with Crippen LogP contribution in [-0.4, -0.2) is 14.2 Å². The second kappa shape index (κ2) is 5.98. The minimum absolute atomic E-state index is 0.182. The summed E-state index contributed by atoms with van der Waals surface area (Å²) in [6, 6.07) is 6.80. The van der Waals surface area contributed by atoms with Gasteiger partial charge in [-0.1, -0.05) is 12.1 Å². The van der Waals surface area contributed by atoms with Crippen LogP contribution in [0.5, 0.6) is 5.75 Å². The molecule has 1 atom stereocenters. The molecule has 3 heteroatoms. The Morgan fingerprint density at radius 2 is 1.80 bits per heavy atom. The smallest absolute Gasteiger partial charge is 0.127 e. The van der Waals surface area contributed by atoms with E-state index in [1.165, 1.54) is 32.0 Å². The highest BCUT2D eigenvalue weighted by atomic mass is 32.1. The normalized spacial score (nSPS) is 12.5. The zero-order valence-corrected chi connectivity index (χ0v) is 13.9. The standard InChI is InChI=1S/C17H23NOS/c1-10-7-8-14(17(19-6)12(10)3)16(18-5)15-9-11(2)13(4)20-15/h7-9,16,18H,1-6H3. The van der Waals surface area contributed by atoms with Crippen LogP contribution in [-0.2, 0) is 0 Å². The molecule has 2 nitrogen and oxygen atoms in total. The van der Waals surface area contributed by atoms with Crippen molar-refractivity contribution in [3.8, 4) is 5.75 Å². The Hall–Kier alpha value is -1.32. The molecule has 1 unspecified atom stereocenters. The fourth-order valence-electron chi connectivity index (χ4n) is 2.50. The fourth-order valence-corrected chi connectivity index (χ4v) is 3.68. The van der Waals surface area contributed by atoms with Crippen molar-refractivity contribution in [2.75, 3.05) is 14.2 Å². The Kier molecular flexibility index (Phi) is 4.51. The van der Waals surface area contributed by atoms with E-state index in [0.29, 0.717) is 0 Å². The number of nitrogens with one attached hydrogen (secondary N) is 1. The van der Waals surface area contributed by atoms with E-state index in [4.69, 9.17) is 4.74 Å². The van der Waals surface area contributed by atoms with Gasteiger partial charge in [-0.05, 0) is 57.5 Å². The van der Waals surface area contributed by atoms with Gasteiger partial charge < -0.3 is 10.1 Å². The molecule has 0 fully saturated rings. The van der Waals surface area contributed by atoms with Gasteiger partial charge in [0.2, 0.25) is 0 Å². The molecule has 0 spiro atoms. The van der Waals surface area contributed by atoms with Crippen molar-refractivity contribution in [3.63, 3.8) is 0 Å². The summed E-state index contributed by atoms with van der Waals surface area (Å²) >= 11 is 1.85. The summed E-state index contributed by atoms with van der Waals surface area (Å²) in [7, 11) is 3.76. The summed E-state index contributed by atoms with van der Waals surface area (Å²) in [5, 5.41) is 3.43. The van der Waals surface area contributed by atoms with Crippen molar-refractivity contribution in [2.45, 2.75) is 33.7 Å². The first-order valence-electron chi connectivity index (χ1n) is 6.87. The van der Waals surface area contributed by atoms with Crippen molar-refractivity contribution in [3.05, 3.63) is 50.2 Å². The van der Waals surface area contributed by atoms with Gasteiger partial charge in [-0.2, -0.15) is 0 Å². The summed E-state index contributed by atoms with van der Waals surface area (Å²) < 4.78 is 5.66. The molecule has 0 radical (unpaired) electrons. The van der Waals surface area contributed by atoms with Crippen LogP contribution in [0.15, 0.2) is 18.2 Å². The maximum atomic E-state index is 5.66. The monoisotopic (exact) mass is 289 g/mol. The molecule has 0 saturated carbocycles. The number of thiophene rings is 1. The molecule has 0 aliphatic heterocycles. The molecule has 0 aliphatic rings. The first kappa shape index (κ1) is 15.1. The Morgan fingerprint density at radius 1 is 1.10 bits per heavy atom. The molecule has 0 saturated heterocycles. The number of methoxy groups -OCH3 is 1. The van der Waals surface area contributed by atoms with Crippen molar-refractivity contribution < 1.29 is 4.74 Å². The van der Waals surface area contributed by atoms with E-state index in [-0.39, 0.29) is 6.04 Å². The number of benzene rings is 1. The number of ether oxygens (including phenoxy) is 1. The number of hydrogen-bond donors (Lipinski definition) is 1. The lowest BCUT2D eigenvalue weighted by Crippen LogP contribution is -2.18. The predicted molar refractivity (Wildman–Crippen MR) is 87.2 cm³/mol. The fraction of sp³-hybridized carbons (Fsp3) is 0.412. The summed E-state index contributed by atoms with van der Waals surface area (Å²) in [6.07, 6.45) is 0. The third-order valence-electron chi connectivity index (χ3n) is 3.98. The number of hydrogen-bond acceptors (Lipinski definition) is 3. The van der Waals surface area contributed by atoms with Gasteiger partial charge in [-0.15, -0.1) is 11.3 Å². The third-order valence-corrected chi connectivity index (χ3v) is 5.20. The Morgan fingerprint density at radius 3 is 2.30 bits per heavy atom. The van der Waals surface area contributed by atoms with E-state index in [1.807, 2.05) is 18.4 Å². The SMILES string of the molecule is CNC(c1cc(C)c(C)s1)c1ccc(C)c(C)c1OC. The van der Waals surface area contributed by atoms with Crippen molar-refractivity contribution in [1.29, 1.82) is 0 Å². The largest absolute Gasteiger partial charge is 0.496 e. The van der Waals surface area contributed by atoms with Crippen LogP contribution in [0.4, 0.5) is 0 Å². The van der Waals surface area contributed by atoms with Crippen LogP contribution in [0, 0.1) is 27.7 Å². The number of rotatable bonds is 4. The van der Waals surface area contributed by atoms with Crippen LogP contribution >= 0.6 is 11.3 Å². The molecule has 108 valence electrons. The average Bonchev–Trinajstić information content (AvgIpc) is 2.75. The van der Waals surface area contributed by atoms with Gasteiger partial charge in [0.25, 0.3) is 0 Å². The van der Waals surface area contributed by atoms with Crippen LogP contribution in [0.3, 0.4) is 0 Å². The highest BCUT2D eigenvalue weighted by Gasteiger charge is 2.20. The Bertz CT molecular complexity index is 596. The van der Waals surface area contributed by atoms with E-state index in [1.54, 1.807) is 7.11 Å². The summed E-state index contributed by atoms with van der Waals surface area (Å²) in [4.78, 5) is 2.71. The van der Waals surface area contributed by atoms with Gasteiger partial charge in [0.05, 0.1) is 13.2 Å². The minimum atomic E-state index is 0.182. The molecule has 0 bridgehead atoms. The summed E-state index contributed by atoms with van der Waals surface area (Å²) in [5.74, 6) is 0.994. The quantitative estimate of drug-likeness (QED) is 0.906. The zero-order chi connectivity index (χ0) is 14.9. The highest BCUT2D eigenvalue weighted by molar-refractivity contribution is 7.12. The maximum absolute atomic E-state index is 5.66. The van der Waals surface area contributed by atoms with Crippen molar-refractivity contribution in [1.82, 2.24) is 5.32 Å². The van der Waals surface area contributed by atoms with Crippen molar-refractivity contribution >= 4 is 11.3 Å². The molecule has 1 N–H and O–H groups in total. The number of aryl methyl sites for hydroxylation is 3. The molecule has 1 aromatic carbocycles. The molecule has 20 heavy (non-hydrogen) atoms. The summed E-state index contributed by atoms with van der Waals surface area (Å²) in [5.41, 5.74) is 5.04. The minimum Gasteiger partial charge on any atom is -0.496 e. The van der Waals surface area contributed by atoms with Crippen LogP contribution < -0.4 is 10.1 Å². The average molecular weight is 289 g/mol. The van der Waals surface area contributed by atoms with Gasteiger partial charge in [-0.25, -0.2) is 0 Å². The first-order valence-corrected chi connectivity index (χ1v) is 7.69. The second-order valence-electron chi connectivity index (χ2n) is 5.24. The Labute approximate surface area is 125 Å². The molecular formula is C17H23NOS. The lowest BCUT2D eigenvalue weighted by Gasteiger charge is -2.20. The first-order chi connectivity index (χ1) is 9.49. The van der Waals surface area contributed by atoms with E-state index in [9.17, 15) is 0 Å². The second-order valence-corrected chi connectivity index (χ2v) is 6.53. The lowest BCUT2D eigenvalue weighted by atomic mass is 9.98. The topological polar surface area (TPSA) is 21.3 Å².